The number of hydrogen-bond acceptors (Lipinski definition) is 2. The number of hydrogen-bond donors (Lipinski definition) is 2. The second-order valence-electron chi connectivity index (χ2n) is 5.92. The summed E-state index contributed by atoms with van der Waals surface area (Å²) in [5, 5.41) is 11.9. The number of aryl methyl sites for hydroxylation is 1. The smallest absolute Gasteiger partial charge is 0.251 e. The quantitative estimate of drug-likeness (QED) is 0.829. The Balaban J connectivity index is 2.63. The van der Waals surface area contributed by atoms with Crippen LogP contribution in [-0.4, -0.2) is 24.2 Å². The van der Waals surface area contributed by atoms with Crippen molar-refractivity contribution in [1.29, 1.82) is 0 Å². The van der Waals surface area contributed by atoms with E-state index in [0.29, 0.717) is 6.54 Å². The van der Waals surface area contributed by atoms with Gasteiger partial charge in [0.15, 0.2) is 0 Å². The van der Waals surface area contributed by atoms with E-state index in [1.165, 1.54) is 0 Å². The normalized spacial score (nSPS) is 11.4. The summed E-state index contributed by atoms with van der Waals surface area (Å²) < 4.78 is 0. The Bertz CT molecular complexity index is 438. The van der Waals surface area contributed by atoms with Crippen LogP contribution in [0.15, 0.2) is 18.2 Å². The number of benzene rings is 1. The van der Waals surface area contributed by atoms with Crippen LogP contribution >= 0.6 is 0 Å². The molecule has 19 heavy (non-hydrogen) atoms. The second-order valence-corrected chi connectivity index (χ2v) is 5.92. The Morgan fingerprint density at radius 1 is 1.32 bits per heavy atom. The standard InChI is InChI=1S/C16H25NO2/c1-12-7-5-8-14(13(12)2)15(19)17-11-16(3,4)9-6-10-18/h5,7-8,18H,6,9-11H2,1-4H3,(H,17,19). The van der Waals surface area contributed by atoms with Crippen molar-refractivity contribution in [3.05, 3.63) is 34.9 Å². The number of carbonyl (C=O) groups is 1. The lowest BCUT2D eigenvalue weighted by atomic mass is 9.87. The average molecular weight is 263 g/mol. The summed E-state index contributed by atoms with van der Waals surface area (Å²) in [7, 11) is 0. The number of nitrogens with one attached hydrogen (secondary N) is 1. The summed E-state index contributed by atoms with van der Waals surface area (Å²) in [6, 6.07) is 5.78. The summed E-state index contributed by atoms with van der Waals surface area (Å²) in [5.41, 5.74) is 2.93. The molecule has 0 saturated carbocycles. The number of carbonyl (C=O) groups excluding carboxylic acids is 1. The van der Waals surface area contributed by atoms with Crippen LogP contribution in [0.3, 0.4) is 0 Å². The number of aliphatic hydroxyl groups is 1. The number of amides is 1. The zero-order valence-corrected chi connectivity index (χ0v) is 12.4. The SMILES string of the molecule is Cc1cccc(C(=O)NCC(C)(C)CCCO)c1C. The average Bonchev–Trinajstić information content (AvgIpc) is 2.37. The van der Waals surface area contributed by atoms with Gasteiger partial charge in [0.1, 0.15) is 0 Å². The van der Waals surface area contributed by atoms with E-state index in [2.05, 4.69) is 19.2 Å². The zero-order valence-electron chi connectivity index (χ0n) is 12.4. The van der Waals surface area contributed by atoms with Gasteiger partial charge in [0.25, 0.3) is 5.91 Å². The first-order valence-electron chi connectivity index (χ1n) is 6.83. The second kappa shape index (κ2) is 6.71. The van der Waals surface area contributed by atoms with Crippen molar-refractivity contribution in [3.8, 4) is 0 Å². The monoisotopic (exact) mass is 263 g/mol. The van der Waals surface area contributed by atoms with Crippen molar-refractivity contribution in [2.45, 2.75) is 40.5 Å². The van der Waals surface area contributed by atoms with Gasteiger partial charge in [-0.25, -0.2) is 0 Å². The van der Waals surface area contributed by atoms with Crippen molar-refractivity contribution < 1.29 is 9.90 Å². The molecule has 3 nitrogen and oxygen atoms in total. The van der Waals surface area contributed by atoms with Gasteiger partial charge in [0.2, 0.25) is 0 Å². The molecule has 0 radical (unpaired) electrons. The highest BCUT2D eigenvalue weighted by Crippen LogP contribution is 2.21. The van der Waals surface area contributed by atoms with Crippen molar-refractivity contribution in [2.75, 3.05) is 13.2 Å². The largest absolute Gasteiger partial charge is 0.396 e. The van der Waals surface area contributed by atoms with Crippen molar-refractivity contribution >= 4 is 5.91 Å². The molecular weight excluding hydrogens is 238 g/mol. The first-order valence-corrected chi connectivity index (χ1v) is 6.83. The lowest BCUT2D eigenvalue weighted by Gasteiger charge is -2.24. The fourth-order valence-electron chi connectivity index (χ4n) is 2.06. The molecule has 0 heterocycles. The molecule has 0 aromatic heterocycles. The maximum atomic E-state index is 12.2. The van der Waals surface area contributed by atoms with E-state index in [1.54, 1.807) is 0 Å². The summed E-state index contributed by atoms with van der Waals surface area (Å²) >= 11 is 0. The van der Waals surface area contributed by atoms with Crippen LogP contribution in [0.4, 0.5) is 0 Å². The minimum atomic E-state index is -0.0155. The molecule has 0 fully saturated rings. The minimum Gasteiger partial charge on any atom is -0.396 e. The van der Waals surface area contributed by atoms with Crippen molar-refractivity contribution in [2.24, 2.45) is 5.41 Å². The molecule has 0 atom stereocenters. The predicted molar refractivity (Wildman–Crippen MR) is 78.4 cm³/mol. The van der Waals surface area contributed by atoms with Gasteiger partial charge >= 0.3 is 0 Å². The van der Waals surface area contributed by atoms with Crippen LogP contribution in [0.5, 0.6) is 0 Å². The number of rotatable bonds is 6. The number of aliphatic hydroxyl groups excluding tert-OH is 1. The lowest BCUT2D eigenvalue weighted by molar-refractivity contribution is 0.0932. The Labute approximate surface area is 116 Å². The van der Waals surface area contributed by atoms with Gasteiger partial charge < -0.3 is 10.4 Å². The van der Waals surface area contributed by atoms with Crippen LogP contribution < -0.4 is 5.32 Å². The molecule has 3 heteroatoms. The van der Waals surface area contributed by atoms with E-state index in [1.807, 2.05) is 32.0 Å². The molecular formula is C16H25NO2. The molecule has 2 N–H and O–H groups in total. The van der Waals surface area contributed by atoms with Crippen molar-refractivity contribution in [3.63, 3.8) is 0 Å². The summed E-state index contributed by atoms with van der Waals surface area (Å²) in [6.07, 6.45) is 1.67. The molecule has 1 rings (SSSR count). The van der Waals surface area contributed by atoms with E-state index >= 15 is 0 Å². The topological polar surface area (TPSA) is 49.3 Å². The molecule has 0 aliphatic heterocycles. The van der Waals surface area contributed by atoms with Crippen LogP contribution in [0.25, 0.3) is 0 Å². The molecule has 106 valence electrons. The third-order valence-corrected chi connectivity index (χ3v) is 3.59. The third kappa shape index (κ3) is 4.67. The fraction of sp³-hybridized carbons (Fsp3) is 0.562. The van der Waals surface area contributed by atoms with E-state index in [-0.39, 0.29) is 17.9 Å². The maximum absolute atomic E-state index is 12.2. The molecule has 0 saturated heterocycles. The van der Waals surface area contributed by atoms with Gasteiger partial charge in [0.05, 0.1) is 0 Å². The van der Waals surface area contributed by atoms with E-state index in [9.17, 15) is 4.79 Å². The zero-order chi connectivity index (χ0) is 14.5. The highest BCUT2D eigenvalue weighted by atomic mass is 16.2. The van der Waals surface area contributed by atoms with Crippen LogP contribution in [-0.2, 0) is 0 Å². The Morgan fingerprint density at radius 3 is 2.63 bits per heavy atom. The van der Waals surface area contributed by atoms with E-state index in [0.717, 1.165) is 29.5 Å². The van der Waals surface area contributed by atoms with Crippen molar-refractivity contribution in [1.82, 2.24) is 5.32 Å². The van der Waals surface area contributed by atoms with Gasteiger partial charge in [-0.15, -0.1) is 0 Å². The van der Waals surface area contributed by atoms with Crippen LogP contribution in [0, 0.1) is 19.3 Å². The molecule has 0 aliphatic rings. The Morgan fingerprint density at radius 2 is 2.00 bits per heavy atom. The molecule has 0 bridgehead atoms. The lowest BCUT2D eigenvalue weighted by Crippen LogP contribution is -2.34. The van der Waals surface area contributed by atoms with Gasteiger partial charge in [-0.2, -0.15) is 0 Å². The van der Waals surface area contributed by atoms with Gasteiger partial charge in [-0.3, -0.25) is 4.79 Å². The fourth-order valence-corrected chi connectivity index (χ4v) is 2.06. The molecule has 0 spiro atoms. The Hall–Kier alpha value is -1.35. The highest BCUT2D eigenvalue weighted by molar-refractivity contribution is 5.95. The molecule has 1 amide bonds. The van der Waals surface area contributed by atoms with Gasteiger partial charge in [-0.05, 0) is 49.3 Å². The van der Waals surface area contributed by atoms with Crippen LogP contribution in [0.1, 0.15) is 48.2 Å². The molecule has 0 aliphatic carbocycles. The minimum absolute atomic E-state index is 0.0100. The van der Waals surface area contributed by atoms with E-state index in [4.69, 9.17) is 5.11 Å². The maximum Gasteiger partial charge on any atom is 0.251 e. The van der Waals surface area contributed by atoms with Gasteiger partial charge in [0, 0.05) is 18.7 Å². The Kier molecular flexibility index (Phi) is 5.55. The van der Waals surface area contributed by atoms with E-state index < -0.39 is 0 Å². The first-order chi connectivity index (χ1) is 8.87. The summed E-state index contributed by atoms with van der Waals surface area (Å²) in [4.78, 5) is 12.2. The predicted octanol–water partition coefficient (Wildman–Crippen LogP) is 2.83. The molecule has 1 aromatic carbocycles. The first kappa shape index (κ1) is 15.7. The van der Waals surface area contributed by atoms with Gasteiger partial charge in [-0.1, -0.05) is 26.0 Å². The third-order valence-electron chi connectivity index (χ3n) is 3.59. The highest BCUT2D eigenvalue weighted by Gasteiger charge is 2.19. The summed E-state index contributed by atoms with van der Waals surface area (Å²) in [5.74, 6) is -0.0155. The molecule has 0 unspecified atom stereocenters. The summed E-state index contributed by atoms with van der Waals surface area (Å²) in [6.45, 7) is 9.02. The van der Waals surface area contributed by atoms with Crippen LogP contribution in [0.2, 0.25) is 0 Å². The molecule has 1 aromatic rings.